The van der Waals surface area contributed by atoms with Crippen molar-refractivity contribution in [3.63, 3.8) is 0 Å². The van der Waals surface area contributed by atoms with E-state index in [9.17, 15) is 21.6 Å². The molecule has 0 amide bonds. The average molecular weight is 305 g/mol. The topological polar surface area (TPSA) is 84.7 Å². The van der Waals surface area contributed by atoms with Crippen LogP contribution in [0.15, 0.2) is 0 Å². The lowest BCUT2D eigenvalue weighted by Crippen LogP contribution is -2.55. The normalized spacial score (nSPS) is 26.6. The van der Waals surface area contributed by atoms with Crippen molar-refractivity contribution >= 4 is 10.2 Å². The van der Waals surface area contributed by atoms with Crippen LogP contribution in [0.5, 0.6) is 0 Å². The number of nitrogens with one attached hydrogen (secondary N) is 1. The Labute approximate surface area is 110 Å². The molecule has 0 aromatic rings. The van der Waals surface area contributed by atoms with Crippen LogP contribution in [-0.2, 0) is 14.9 Å². The highest BCUT2D eigenvalue weighted by molar-refractivity contribution is 7.87. The van der Waals surface area contributed by atoms with Gasteiger partial charge < -0.3 is 10.5 Å². The molecule has 6 nitrogen and oxygen atoms in total. The van der Waals surface area contributed by atoms with Gasteiger partial charge in [-0.25, -0.2) is 0 Å². The number of piperidine rings is 1. The van der Waals surface area contributed by atoms with Gasteiger partial charge in [0.05, 0.1) is 6.10 Å². The third-order valence-electron chi connectivity index (χ3n) is 2.98. The van der Waals surface area contributed by atoms with Crippen molar-refractivity contribution in [2.45, 2.75) is 31.2 Å². The van der Waals surface area contributed by atoms with Crippen LogP contribution in [0.2, 0.25) is 0 Å². The van der Waals surface area contributed by atoms with Crippen molar-refractivity contribution in [2.24, 2.45) is 5.73 Å². The Morgan fingerprint density at radius 1 is 1.47 bits per heavy atom. The fraction of sp³-hybridized carbons (Fsp3) is 1.00. The molecule has 1 rings (SSSR count). The molecule has 2 unspecified atom stereocenters. The van der Waals surface area contributed by atoms with Crippen LogP contribution < -0.4 is 10.5 Å². The Morgan fingerprint density at radius 3 is 2.58 bits per heavy atom. The maximum atomic E-state index is 12.1. The van der Waals surface area contributed by atoms with E-state index in [1.807, 2.05) is 0 Å². The van der Waals surface area contributed by atoms with Crippen molar-refractivity contribution in [3.05, 3.63) is 0 Å². The molecule has 0 radical (unpaired) electrons. The zero-order valence-electron chi connectivity index (χ0n) is 10.5. The smallest absolute Gasteiger partial charge is 0.381 e. The molecule has 10 heteroatoms. The van der Waals surface area contributed by atoms with Gasteiger partial charge in [-0.1, -0.05) is 0 Å². The number of nitrogens with zero attached hydrogens (tertiary/aromatic N) is 1. The van der Waals surface area contributed by atoms with Gasteiger partial charge in [-0.3, -0.25) is 0 Å². The molecule has 0 aromatic heterocycles. The quantitative estimate of drug-likeness (QED) is 0.738. The van der Waals surface area contributed by atoms with Crippen molar-refractivity contribution in [1.29, 1.82) is 0 Å². The maximum Gasteiger partial charge on any atom is 0.402 e. The highest BCUT2D eigenvalue weighted by Gasteiger charge is 2.37. The van der Waals surface area contributed by atoms with Gasteiger partial charge in [0.2, 0.25) is 0 Å². The third-order valence-corrected chi connectivity index (χ3v) is 4.59. The largest absolute Gasteiger partial charge is 0.402 e. The number of alkyl halides is 3. The number of hydrogen-bond donors (Lipinski definition) is 2. The predicted molar refractivity (Wildman–Crippen MR) is 62.6 cm³/mol. The van der Waals surface area contributed by atoms with Crippen LogP contribution in [0.25, 0.3) is 0 Å². The number of ether oxygens (including phenoxy) is 1. The Morgan fingerprint density at radius 2 is 2.11 bits per heavy atom. The fourth-order valence-corrected chi connectivity index (χ4v) is 3.42. The summed E-state index contributed by atoms with van der Waals surface area (Å²) in [6.45, 7) is -1.46. The zero-order valence-corrected chi connectivity index (χ0v) is 11.3. The van der Waals surface area contributed by atoms with E-state index in [1.165, 1.54) is 7.11 Å². The van der Waals surface area contributed by atoms with Crippen molar-refractivity contribution in [3.8, 4) is 0 Å². The van der Waals surface area contributed by atoms with Gasteiger partial charge in [-0.2, -0.15) is 30.6 Å². The highest BCUT2D eigenvalue weighted by atomic mass is 32.2. The zero-order chi connectivity index (χ0) is 14.7. The van der Waals surface area contributed by atoms with Crippen molar-refractivity contribution in [2.75, 3.05) is 26.7 Å². The van der Waals surface area contributed by atoms with Crippen LogP contribution in [-0.4, -0.2) is 57.8 Å². The Bertz CT molecular complexity index is 388. The first-order chi connectivity index (χ1) is 8.69. The van der Waals surface area contributed by atoms with Crippen molar-refractivity contribution in [1.82, 2.24) is 9.03 Å². The molecule has 19 heavy (non-hydrogen) atoms. The summed E-state index contributed by atoms with van der Waals surface area (Å²) in [5, 5.41) is 0. The number of nitrogens with two attached hydrogens (primary N) is 1. The van der Waals surface area contributed by atoms with Gasteiger partial charge in [0.15, 0.2) is 0 Å². The maximum absolute atomic E-state index is 12.1. The second kappa shape index (κ2) is 6.35. The second-order valence-corrected chi connectivity index (χ2v) is 6.03. The molecule has 1 aliphatic heterocycles. The first kappa shape index (κ1) is 16.6. The molecule has 1 heterocycles. The standard InChI is InChI=1S/C9H18F3N3O3S/c1-18-8-2-3-15(7(4-8)5-13)19(16,17)14-6-9(10,11)12/h7-8,14H,2-6,13H2,1H3. The first-order valence-electron chi connectivity index (χ1n) is 5.75. The molecule has 1 aliphatic rings. The van der Waals surface area contributed by atoms with Crippen LogP contribution in [0, 0.1) is 0 Å². The molecule has 0 spiro atoms. The first-order valence-corrected chi connectivity index (χ1v) is 7.19. The predicted octanol–water partition coefficient (Wildman–Crippen LogP) is -0.179. The third kappa shape index (κ3) is 4.88. The van der Waals surface area contributed by atoms with Gasteiger partial charge in [0.1, 0.15) is 6.54 Å². The summed E-state index contributed by atoms with van der Waals surface area (Å²) in [6.07, 6.45) is -3.90. The summed E-state index contributed by atoms with van der Waals surface area (Å²) in [6, 6.07) is -0.551. The molecule has 114 valence electrons. The molecule has 0 bridgehead atoms. The van der Waals surface area contributed by atoms with E-state index in [1.54, 1.807) is 4.72 Å². The number of methoxy groups -OCH3 is 1. The molecule has 3 N–H and O–H groups in total. The minimum atomic E-state index is -4.59. The summed E-state index contributed by atoms with van der Waals surface area (Å²) in [7, 11) is -2.68. The lowest BCUT2D eigenvalue weighted by molar-refractivity contribution is -0.121. The summed E-state index contributed by atoms with van der Waals surface area (Å²) < 4.78 is 67.5. The highest BCUT2D eigenvalue weighted by Crippen LogP contribution is 2.22. The van der Waals surface area contributed by atoms with E-state index >= 15 is 0 Å². The van der Waals surface area contributed by atoms with E-state index < -0.39 is 29.0 Å². The SMILES string of the molecule is COC1CCN(S(=O)(=O)NCC(F)(F)F)C(CN)C1. The van der Waals surface area contributed by atoms with E-state index in [4.69, 9.17) is 10.5 Å². The molecule has 1 fully saturated rings. The lowest BCUT2D eigenvalue weighted by Gasteiger charge is -2.37. The summed E-state index contributed by atoms with van der Waals surface area (Å²) in [5.74, 6) is 0. The van der Waals surface area contributed by atoms with Crippen LogP contribution in [0.3, 0.4) is 0 Å². The molecular formula is C9H18F3N3O3S. The summed E-state index contributed by atoms with van der Waals surface area (Å²) in [4.78, 5) is 0. The minimum Gasteiger partial charge on any atom is -0.381 e. The van der Waals surface area contributed by atoms with Crippen LogP contribution in [0.1, 0.15) is 12.8 Å². The van der Waals surface area contributed by atoms with Gasteiger partial charge >= 0.3 is 6.18 Å². The lowest BCUT2D eigenvalue weighted by atomic mass is 10.0. The molecule has 0 saturated carbocycles. The van der Waals surface area contributed by atoms with E-state index in [-0.39, 0.29) is 19.2 Å². The molecule has 0 aliphatic carbocycles. The Hall–Kier alpha value is -0.420. The summed E-state index contributed by atoms with van der Waals surface area (Å²) >= 11 is 0. The van der Waals surface area contributed by atoms with Crippen molar-refractivity contribution < 1.29 is 26.3 Å². The second-order valence-electron chi connectivity index (χ2n) is 4.32. The Balaban J connectivity index is 2.71. The van der Waals surface area contributed by atoms with Gasteiger partial charge in [-0.15, -0.1) is 0 Å². The minimum absolute atomic E-state index is 0.0345. The summed E-state index contributed by atoms with van der Waals surface area (Å²) in [5.41, 5.74) is 5.48. The van der Waals surface area contributed by atoms with Crippen LogP contribution in [0.4, 0.5) is 13.2 Å². The van der Waals surface area contributed by atoms with Gasteiger partial charge in [0.25, 0.3) is 10.2 Å². The molecule has 2 atom stereocenters. The number of halogens is 3. The van der Waals surface area contributed by atoms with E-state index in [0.717, 1.165) is 4.31 Å². The van der Waals surface area contributed by atoms with Gasteiger partial charge in [-0.05, 0) is 12.8 Å². The number of rotatable bonds is 5. The molecular weight excluding hydrogens is 287 g/mol. The van der Waals surface area contributed by atoms with E-state index in [2.05, 4.69) is 0 Å². The van der Waals surface area contributed by atoms with Gasteiger partial charge in [0, 0.05) is 26.2 Å². The number of hydrogen-bond acceptors (Lipinski definition) is 4. The van der Waals surface area contributed by atoms with E-state index in [0.29, 0.717) is 12.8 Å². The molecule has 1 saturated heterocycles. The Kier molecular flexibility index (Phi) is 5.56. The molecule has 0 aromatic carbocycles. The monoisotopic (exact) mass is 305 g/mol. The fourth-order valence-electron chi connectivity index (χ4n) is 1.99. The average Bonchev–Trinajstić information content (AvgIpc) is 2.35. The van der Waals surface area contributed by atoms with Crippen LogP contribution >= 0.6 is 0 Å².